The fourth-order valence-electron chi connectivity index (χ4n) is 2.50. The first-order chi connectivity index (χ1) is 13.6. The summed E-state index contributed by atoms with van der Waals surface area (Å²) < 4.78 is 5.77. The number of benzene rings is 3. The fourth-order valence-corrected chi connectivity index (χ4v) is 2.50. The minimum absolute atomic E-state index is 0.0787. The van der Waals surface area contributed by atoms with Crippen LogP contribution in [0.3, 0.4) is 0 Å². The number of nitro groups is 1. The van der Waals surface area contributed by atoms with Crippen LogP contribution < -0.4 is 10.1 Å². The van der Waals surface area contributed by atoms with Crippen LogP contribution in [0.25, 0.3) is 6.08 Å². The highest BCUT2D eigenvalue weighted by atomic mass is 16.6. The first-order valence-corrected chi connectivity index (χ1v) is 8.60. The largest absolute Gasteiger partial charge is 0.489 e. The van der Waals surface area contributed by atoms with Crippen LogP contribution in [-0.4, -0.2) is 10.8 Å². The number of nitro benzene ring substituents is 1. The van der Waals surface area contributed by atoms with Gasteiger partial charge in [-0.3, -0.25) is 14.9 Å². The number of hydrogen-bond acceptors (Lipinski definition) is 4. The van der Waals surface area contributed by atoms with Crippen molar-refractivity contribution in [3.05, 3.63) is 106 Å². The first kappa shape index (κ1) is 18.8. The summed E-state index contributed by atoms with van der Waals surface area (Å²) in [6.45, 7) is 0.460. The van der Waals surface area contributed by atoms with Crippen molar-refractivity contribution in [3.8, 4) is 5.75 Å². The standard InChI is InChI=1S/C22H18N2O4/c25-22(23-19-9-5-10-20(15-19)24(26)27)13-12-17-8-4-11-21(14-17)28-16-18-6-2-1-3-7-18/h1-15H,16H2,(H,23,25)/b13-12+. The molecule has 0 fully saturated rings. The second kappa shape index (κ2) is 9.14. The van der Waals surface area contributed by atoms with Gasteiger partial charge in [-0.25, -0.2) is 0 Å². The van der Waals surface area contributed by atoms with E-state index in [2.05, 4.69) is 5.32 Å². The van der Waals surface area contributed by atoms with E-state index < -0.39 is 4.92 Å². The van der Waals surface area contributed by atoms with E-state index in [1.54, 1.807) is 12.1 Å². The number of ether oxygens (including phenoxy) is 1. The minimum Gasteiger partial charge on any atom is -0.489 e. The van der Waals surface area contributed by atoms with E-state index in [4.69, 9.17) is 4.74 Å². The predicted molar refractivity (Wildman–Crippen MR) is 108 cm³/mol. The Balaban J connectivity index is 1.60. The van der Waals surface area contributed by atoms with Crippen LogP contribution in [0.2, 0.25) is 0 Å². The molecule has 0 saturated heterocycles. The maximum Gasteiger partial charge on any atom is 0.271 e. The third-order valence-electron chi connectivity index (χ3n) is 3.86. The maximum absolute atomic E-state index is 12.1. The van der Waals surface area contributed by atoms with Crippen LogP contribution in [0.1, 0.15) is 11.1 Å². The quantitative estimate of drug-likeness (QED) is 0.365. The van der Waals surface area contributed by atoms with Crippen LogP contribution in [0.15, 0.2) is 84.9 Å². The summed E-state index contributed by atoms with van der Waals surface area (Å²) >= 11 is 0. The van der Waals surface area contributed by atoms with E-state index in [0.29, 0.717) is 18.0 Å². The monoisotopic (exact) mass is 374 g/mol. The molecule has 0 atom stereocenters. The van der Waals surface area contributed by atoms with Gasteiger partial charge in [0.25, 0.3) is 5.69 Å². The van der Waals surface area contributed by atoms with Gasteiger partial charge in [0.15, 0.2) is 0 Å². The van der Waals surface area contributed by atoms with E-state index in [0.717, 1.165) is 11.1 Å². The normalized spacial score (nSPS) is 10.6. The average molecular weight is 374 g/mol. The zero-order chi connectivity index (χ0) is 19.8. The molecule has 3 rings (SSSR count). The van der Waals surface area contributed by atoms with E-state index >= 15 is 0 Å². The number of nitrogens with one attached hydrogen (secondary N) is 1. The Kier molecular flexibility index (Phi) is 6.15. The number of non-ortho nitro benzene ring substituents is 1. The molecule has 0 aliphatic heterocycles. The topological polar surface area (TPSA) is 81.5 Å². The Hall–Kier alpha value is -3.93. The van der Waals surface area contributed by atoms with Crippen molar-refractivity contribution < 1.29 is 14.5 Å². The minimum atomic E-state index is -0.508. The molecule has 140 valence electrons. The van der Waals surface area contributed by atoms with Gasteiger partial charge in [-0.05, 0) is 35.4 Å². The number of hydrogen-bond donors (Lipinski definition) is 1. The first-order valence-electron chi connectivity index (χ1n) is 8.60. The van der Waals surface area contributed by atoms with Crippen molar-refractivity contribution in [1.29, 1.82) is 0 Å². The molecule has 0 bridgehead atoms. The van der Waals surface area contributed by atoms with Gasteiger partial charge in [0.1, 0.15) is 12.4 Å². The summed E-state index contributed by atoms with van der Waals surface area (Å²) in [5.41, 5.74) is 2.16. The molecule has 1 N–H and O–H groups in total. The molecular weight excluding hydrogens is 356 g/mol. The lowest BCUT2D eigenvalue weighted by molar-refractivity contribution is -0.384. The Morgan fingerprint density at radius 1 is 1.00 bits per heavy atom. The van der Waals surface area contributed by atoms with Crippen LogP contribution in [0, 0.1) is 10.1 Å². The van der Waals surface area contributed by atoms with Crippen molar-refractivity contribution in [2.24, 2.45) is 0 Å². The van der Waals surface area contributed by atoms with Gasteiger partial charge >= 0.3 is 0 Å². The Bertz CT molecular complexity index is 1000. The van der Waals surface area contributed by atoms with Gasteiger partial charge in [0, 0.05) is 23.9 Å². The van der Waals surface area contributed by atoms with E-state index in [1.807, 2.05) is 54.6 Å². The van der Waals surface area contributed by atoms with Crippen molar-refractivity contribution in [2.75, 3.05) is 5.32 Å². The molecule has 3 aromatic rings. The summed E-state index contributed by atoms with van der Waals surface area (Å²) in [6, 6.07) is 23.0. The highest BCUT2D eigenvalue weighted by Gasteiger charge is 2.06. The Morgan fingerprint density at radius 2 is 1.79 bits per heavy atom. The van der Waals surface area contributed by atoms with Crippen molar-refractivity contribution in [2.45, 2.75) is 6.61 Å². The highest BCUT2D eigenvalue weighted by molar-refractivity contribution is 6.02. The molecular formula is C22H18N2O4. The zero-order valence-electron chi connectivity index (χ0n) is 14.9. The zero-order valence-corrected chi connectivity index (χ0v) is 14.9. The smallest absolute Gasteiger partial charge is 0.271 e. The van der Waals surface area contributed by atoms with Crippen molar-refractivity contribution >= 4 is 23.4 Å². The van der Waals surface area contributed by atoms with E-state index in [9.17, 15) is 14.9 Å². The fraction of sp³-hybridized carbons (Fsp3) is 0.0455. The number of carbonyl (C=O) groups is 1. The third-order valence-corrected chi connectivity index (χ3v) is 3.86. The molecule has 0 aromatic heterocycles. The molecule has 0 heterocycles. The van der Waals surface area contributed by atoms with Gasteiger partial charge in [-0.15, -0.1) is 0 Å². The maximum atomic E-state index is 12.1. The number of amides is 1. The van der Waals surface area contributed by atoms with Gasteiger partial charge in [-0.2, -0.15) is 0 Å². The summed E-state index contributed by atoms with van der Waals surface area (Å²) in [7, 11) is 0. The molecule has 3 aromatic carbocycles. The SMILES string of the molecule is O=C(/C=C/c1cccc(OCc2ccccc2)c1)Nc1cccc([N+](=O)[O-])c1. The molecule has 1 amide bonds. The lowest BCUT2D eigenvalue weighted by atomic mass is 10.2. The number of carbonyl (C=O) groups excluding carboxylic acids is 1. The molecule has 0 saturated carbocycles. The van der Waals surface area contributed by atoms with Crippen LogP contribution in [0.5, 0.6) is 5.75 Å². The second-order valence-corrected chi connectivity index (χ2v) is 5.98. The van der Waals surface area contributed by atoms with Gasteiger partial charge in [0.05, 0.1) is 4.92 Å². The molecule has 0 spiro atoms. The van der Waals surface area contributed by atoms with E-state index in [-0.39, 0.29) is 11.6 Å². The Morgan fingerprint density at radius 3 is 2.57 bits per heavy atom. The summed E-state index contributed by atoms with van der Waals surface area (Å²) in [4.78, 5) is 22.3. The summed E-state index contributed by atoms with van der Waals surface area (Å²) in [5, 5.41) is 13.4. The molecule has 6 heteroatoms. The third kappa shape index (κ3) is 5.54. The molecule has 28 heavy (non-hydrogen) atoms. The lowest BCUT2D eigenvalue weighted by Gasteiger charge is -2.07. The van der Waals surface area contributed by atoms with Gasteiger partial charge in [0.2, 0.25) is 5.91 Å². The van der Waals surface area contributed by atoms with Crippen LogP contribution >= 0.6 is 0 Å². The molecule has 0 aliphatic rings. The molecule has 0 radical (unpaired) electrons. The lowest BCUT2D eigenvalue weighted by Crippen LogP contribution is -2.07. The van der Waals surface area contributed by atoms with Crippen LogP contribution in [0.4, 0.5) is 11.4 Å². The Labute approximate surface area is 162 Å². The van der Waals surface area contributed by atoms with Gasteiger partial charge < -0.3 is 10.1 Å². The molecule has 0 aliphatic carbocycles. The summed E-state index contributed by atoms with van der Waals surface area (Å²) in [5.74, 6) is 0.321. The number of nitrogens with zero attached hydrogens (tertiary/aromatic N) is 1. The highest BCUT2D eigenvalue weighted by Crippen LogP contribution is 2.18. The van der Waals surface area contributed by atoms with Crippen molar-refractivity contribution in [1.82, 2.24) is 0 Å². The number of rotatable bonds is 7. The second-order valence-electron chi connectivity index (χ2n) is 5.98. The average Bonchev–Trinajstić information content (AvgIpc) is 2.72. The molecule has 6 nitrogen and oxygen atoms in total. The predicted octanol–water partition coefficient (Wildman–Crippen LogP) is 4.83. The van der Waals surface area contributed by atoms with Crippen LogP contribution in [-0.2, 0) is 11.4 Å². The summed E-state index contributed by atoms with van der Waals surface area (Å²) in [6.07, 6.45) is 3.03. The van der Waals surface area contributed by atoms with Gasteiger partial charge in [-0.1, -0.05) is 48.5 Å². The molecule has 0 unspecified atom stereocenters. The van der Waals surface area contributed by atoms with Crippen molar-refractivity contribution in [3.63, 3.8) is 0 Å². The number of anilines is 1. The van der Waals surface area contributed by atoms with E-state index in [1.165, 1.54) is 24.3 Å².